The average molecular weight is 434 g/mol. The van der Waals surface area contributed by atoms with Gasteiger partial charge >= 0.3 is 5.97 Å². The first-order valence-electron chi connectivity index (χ1n) is 10.9. The van der Waals surface area contributed by atoms with Crippen LogP contribution in [0.3, 0.4) is 0 Å². The van der Waals surface area contributed by atoms with E-state index >= 15 is 0 Å². The van der Waals surface area contributed by atoms with Crippen LogP contribution in [0.1, 0.15) is 69.2 Å². The van der Waals surface area contributed by atoms with Crippen molar-refractivity contribution in [3.8, 4) is 5.75 Å². The van der Waals surface area contributed by atoms with E-state index in [4.69, 9.17) is 10.5 Å². The van der Waals surface area contributed by atoms with Gasteiger partial charge in [0.15, 0.2) is 5.60 Å². The lowest BCUT2D eigenvalue weighted by Gasteiger charge is -2.30. The summed E-state index contributed by atoms with van der Waals surface area (Å²) in [7, 11) is 0. The maximum absolute atomic E-state index is 11.3. The number of nitrogens with two attached hydrogens (primary N) is 1. The van der Waals surface area contributed by atoms with Crippen LogP contribution >= 0.6 is 0 Å². The Labute approximate surface area is 189 Å². The molecule has 0 saturated heterocycles. The Hall–Kier alpha value is -2.50. The first-order chi connectivity index (χ1) is 14.2. The van der Waals surface area contributed by atoms with Crippen LogP contribution < -0.4 is 15.4 Å². The third kappa shape index (κ3) is 11.5. The molecule has 0 fully saturated rings. The summed E-state index contributed by atoms with van der Waals surface area (Å²) in [4.78, 5) is 18.1. The summed E-state index contributed by atoms with van der Waals surface area (Å²) in [5.41, 5.74) is 7.53. The topological polar surface area (TPSA) is 88.2 Å². The first-order valence-corrected chi connectivity index (χ1v) is 10.9. The summed E-state index contributed by atoms with van der Waals surface area (Å²) >= 11 is 0. The molecule has 0 spiro atoms. The molecular formula is C25H43N3O3. The first kappa shape index (κ1) is 28.5. The Morgan fingerprint density at radius 2 is 1.65 bits per heavy atom. The van der Waals surface area contributed by atoms with Crippen LogP contribution in [0.25, 0.3) is 0 Å². The Bertz CT molecular complexity index is 747. The second kappa shape index (κ2) is 13.0. The summed E-state index contributed by atoms with van der Waals surface area (Å²) in [6.07, 6.45) is 2.08. The van der Waals surface area contributed by atoms with Gasteiger partial charge in [0.25, 0.3) is 0 Å². The molecule has 3 N–H and O–H groups in total. The zero-order valence-electron chi connectivity index (χ0n) is 21.1. The maximum Gasteiger partial charge on any atom is 0.347 e. The third-order valence-electron chi connectivity index (χ3n) is 4.22. The fourth-order valence-electron chi connectivity index (χ4n) is 2.60. The van der Waals surface area contributed by atoms with Gasteiger partial charge in [0, 0.05) is 19.2 Å². The second-order valence-electron chi connectivity index (χ2n) is 9.38. The number of hydrogen-bond acceptors (Lipinski definition) is 4. The predicted molar refractivity (Wildman–Crippen MR) is 133 cm³/mol. The maximum atomic E-state index is 11.3. The highest BCUT2D eigenvalue weighted by atomic mass is 16.5. The van der Waals surface area contributed by atoms with Crippen molar-refractivity contribution in [2.75, 3.05) is 18.0 Å². The van der Waals surface area contributed by atoms with Gasteiger partial charge in [-0.15, -0.1) is 0 Å². The molecule has 0 atom stereocenters. The van der Waals surface area contributed by atoms with Crippen molar-refractivity contribution in [1.29, 1.82) is 0 Å². The number of carboxylic acids is 1. The molecule has 0 aliphatic carbocycles. The predicted octanol–water partition coefficient (Wildman–Crippen LogP) is 6.03. The molecular weight excluding hydrogens is 390 g/mol. The van der Waals surface area contributed by atoms with Crippen LogP contribution in [0.5, 0.6) is 5.75 Å². The molecule has 0 radical (unpaired) electrons. The van der Waals surface area contributed by atoms with Gasteiger partial charge < -0.3 is 20.5 Å². The number of hydrogen-bond donors (Lipinski definition) is 2. The van der Waals surface area contributed by atoms with Crippen LogP contribution in [0.4, 0.5) is 11.4 Å². The Morgan fingerprint density at radius 1 is 1.16 bits per heavy atom. The number of amidine groups is 1. The quantitative estimate of drug-likeness (QED) is 0.282. The van der Waals surface area contributed by atoms with Gasteiger partial charge in [-0.1, -0.05) is 39.3 Å². The van der Waals surface area contributed by atoms with E-state index in [9.17, 15) is 9.90 Å². The van der Waals surface area contributed by atoms with Crippen LogP contribution in [-0.2, 0) is 4.79 Å². The molecule has 6 nitrogen and oxygen atoms in total. The van der Waals surface area contributed by atoms with Crippen molar-refractivity contribution in [1.82, 2.24) is 0 Å². The Balaban J connectivity index is 0.00000161. The molecule has 0 unspecified atom stereocenters. The number of benzene rings is 1. The molecule has 31 heavy (non-hydrogen) atoms. The van der Waals surface area contributed by atoms with Crippen molar-refractivity contribution >= 4 is 23.2 Å². The van der Waals surface area contributed by atoms with Crippen LogP contribution in [-0.4, -0.2) is 35.6 Å². The van der Waals surface area contributed by atoms with Gasteiger partial charge in [0.05, 0.1) is 17.2 Å². The molecule has 0 amide bonds. The van der Waals surface area contributed by atoms with E-state index in [1.54, 1.807) is 19.1 Å². The highest BCUT2D eigenvalue weighted by Crippen LogP contribution is 2.35. The van der Waals surface area contributed by atoms with Gasteiger partial charge in [-0.25, -0.2) is 9.79 Å². The smallest absolute Gasteiger partial charge is 0.347 e. The van der Waals surface area contributed by atoms with Crippen molar-refractivity contribution in [3.63, 3.8) is 0 Å². The summed E-state index contributed by atoms with van der Waals surface area (Å²) in [5.74, 6) is 0.853. The summed E-state index contributed by atoms with van der Waals surface area (Å²) in [5, 5.41) is 9.28. The van der Waals surface area contributed by atoms with E-state index in [1.165, 1.54) is 19.4 Å². The number of carboxylic acid groups (broad SMARTS) is 1. The van der Waals surface area contributed by atoms with Crippen LogP contribution in [0, 0.1) is 11.8 Å². The van der Waals surface area contributed by atoms with E-state index in [-0.39, 0.29) is 0 Å². The van der Waals surface area contributed by atoms with Crippen LogP contribution in [0.2, 0.25) is 0 Å². The lowest BCUT2D eigenvalue weighted by molar-refractivity contribution is -0.152. The van der Waals surface area contributed by atoms with E-state index in [1.807, 2.05) is 13.0 Å². The monoisotopic (exact) mass is 433 g/mol. The molecule has 0 bridgehead atoms. The lowest BCUT2D eigenvalue weighted by atomic mass is 10.1. The number of nitrogens with zero attached hydrogens (tertiary/aromatic N) is 2. The summed E-state index contributed by atoms with van der Waals surface area (Å²) in [6.45, 7) is 21.5. The highest BCUT2D eigenvalue weighted by Gasteiger charge is 2.29. The normalized spacial score (nSPS) is 11.7. The minimum Gasteiger partial charge on any atom is -0.478 e. The number of aliphatic carboxylic acids is 1. The second-order valence-corrected chi connectivity index (χ2v) is 9.38. The summed E-state index contributed by atoms with van der Waals surface area (Å²) < 4.78 is 5.65. The summed E-state index contributed by atoms with van der Waals surface area (Å²) in [6, 6.07) is 5.47. The Morgan fingerprint density at radius 3 is 2.00 bits per heavy atom. The van der Waals surface area contributed by atoms with Gasteiger partial charge in [-0.3, -0.25) is 0 Å². The molecule has 0 aliphatic heterocycles. The standard InChI is InChI=1S/C20H33N3O3.C5H10/c1-13(2)11-23(12-14(3)4)18-9-8-16(10-17(18)22-15(5)21)26-20(6,7)19(24)25;1-4-5(2)3/h8-10,13-14H,11-12H2,1-7H3,(H2,21,22)(H,24,25);4H,1-3H3. The van der Waals surface area contributed by atoms with Gasteiger partial charge in [-0.05, 0) is 65.5 Å². The van der Waals surface area contributed by atoms with Crippen molar-refractivity contribution < 1.29 is 14.6 Å². The van der Waals surface area contributed by atoms with E-state index in [2.05, 4.69) is 57.5 Å². The SMILES string of the molecule is CC(N)=Nc1cc(OC(C)(C)C(=O)O)ccc1N(CC(C)C)CC(C)C.CC=C(C)C. The lowest BCUT2D eigenvalue weighted by Crippen LogP contribution is -2.37. The van der Waals surface area contributed by atoms with Crippen molar-refractivity contribution in [2.24, 2.45) is 22.6 Å². The molecule has 0 aliphatic rings. The molecule has 1 rings (SSSR count). The largest absolute Gasteiger partial charge is 0.478 e. The van der Waals surface area contributed by atoms with Crippen molar-refractivity contribution in [2.45, 2.75) is 74.8 Å². The van der Waals surface area contributed by atoms with E-state index in [0.29, 0.717) is 29.1 Å². The fourth-order valence-corrected chi connectivity index (χ4v) is 2.60. The molecule has 1 aromatic rings. The zero-order valence-corrected chi connectivity index (χ0v) is 21.1. The fraction of sp³-hybridized carbons (Fsp3) is 0.600. The van der Waals surface area contributed by atoms with Crippen LogP contribution in [0.15, 0.2) is 34.8 Å². The van der Waals surface area contributed by atoms with Gasteiger partial charge in [0.2, 0.25) is 0 Å². The molecule has 0 heterocycles. The van der Waals surface area contributed by atoms with Crippen molar-refractivity contribution in [3.05, 3.63) is 29.8 Å². The highest BCUT2D eigenvalue weighted by molar-refractivity contribution is 5.84. The average Bonchev–Trinajstić information content (AvgIpc) is 2.60. The number of rotatable bonds is 9. The molecule has 176 valence electrons. The minimum absolute atomic E-state index is 0.440. The zero-order chi connectivity index (χ0) is 24.4. The minimum atomic E-state index is -1.32. The number of carbonyl (C=O) groups is 1. The molecule has 0 saturated carbocycles. The third-order valence-corrected chi connectivity index (χ3v) is 4.22. The van der Waals surface area contributed by atoms with Gasteiger partial charge in [-0.2, -0.15) is 0 Å². The molecule has 1 aromatic carbocycles. The van der Waals surface area contributed by atoms with Gasteiger partial charge in [0.1, 0.15) is 5.75 Å². The molecule has 6 heteroatoms. The number of allylic oxidation sites excluding steroid dienone is 2. The number of anilines is 1. The Kier molecular flexibility index (Phi) is 12.0. The number of ether oxygens (including phenoxy) is 1. The van der Waals surface area contributed by atoms with E-state index < -0.39 is 11.6 Å². The molecule has 0 aromatic heterocycles. The number of aliphatic imine (C=N–C) groups is 1. The van der Waals surface area contributed by atoms with E-state index in [0.717, 1.165) is 18.8 Å².